The van der Waals surface area contributed by atoms with Gasteiger partial charge in [0.05, 0.1) is 7.11 Å². The van der Waals surface area contributed by atoms with Crippen molar-refractivity contribution >= 4 is 5.91 Å². The van der Waals surface area contributed by atoms with Crippen LogP contribution < -0.4 is 15.8 Å². The average Bonchev–Trinajstić information content (AvgIpc) is 2.35. The van der Waals surface area contributed by atoms with Gasteiger partial charge in [0.25, 0.3) is 5.91 Å². The summed E-state index contributed by atoms with van der Waals surface area (Å²) in [5, 5.41) is 2.67. The molecule has 1 aromatic carbocycles. The van der Waals surface area contributed by atoms with Crippen molar-refractivity contribution in [1.29, 1.82) is 0 Å². The van der Waals surface area contributed by atoms with Crippen molar-refractivity contribution in [3.05, 3.63) is 29.6 Å². The minimum absolute atomic E-state index is 0.0761. The van der Waals surface area contributed by atoms with Gasteiger partial charge in [-0.3, -0.25) is 4.79 Å². The summed E-state index contributed by atoms with van der Waals surface area (Å²) < 4.78 is 18.6. The third kappa shape index (κ3) is 3.43. The molecule has 1 amide bonds. The van der Waals surface area contributed by atoms with E-state index < -0.39 is 11.7 Å². The molecule has 0 aliphatic heterocycles. The number of ether oxygens (including phenoxy) is 1. The highest BCUT2D eigenvalue weighted by Gasteiger charge is 2.21. The SMILES string of the molecule is COc1cccc(F)c1C(=O)NCC(C)(C)CN. The Morgan fingerprint density at radius 1 is 1.50 bits per heavy atom. The molecule has 0 aromatic heterocycles. The van der Waals surface area contributed by atoms with Crippen molar-refractivity contribution in [3.8, 4) is 5.75 Å². The highest BCUT2D eigenvalue weighted by atomic mass is 19.1. The lowest BCUT2D eigenvalue weighted by Gasteiger charge is -2.22. The highest BCUT2D eigenvalue weighted by Crippen LogP contribution is 2.21. The van der Waals surface area contributed by atoms with E-state index in [1.807, 2.05) is 13.8 Å². The van der Waals surface area contributed by atoms with E-state index in [9.17, 15) is 9.18 Å². The van der Waals surface area contributed by atoms with E-state index in [2.05, 4.69) is 5.32 Å². The number of nitrogens with one attached hydrogen (secondary N) is 1. The van der Waals surface area contributed by atoms with E-state index >= 15 is 0 Å². The quantitative estimate of drug-likeness (QED) is 0.838. The molecule has 5 heteroatoms. The lowest BCUT2D eigenvalue weighted by molar-refractivity contribution is 0.0930. The highest BCUT2D eigenvalue weighted by molar-refractivity contribution is 5.97. The van der Waals surface area contributed by atoms with Gasteiger partial charge in [-0.1, -0.05) is 19.9 Å². The summed E-state index contributed by atoms with van der Waals surface area (Å²) in [6.45, 7) is 4.65. The second-order valence-electron chi connectivity index (χ2n) is 4.87. The van der Waals surface area contributed by atoms with Crippen molar-refractivity contribution < 1.29 is 13.9 Å². The van der Waals surface area contributed by atoms with Gasteiger partial charge in [0.1, 0.15) is 17.1 Å². The number of carbonyl (C=O) groups is 1. The van der Waals surface area contributed by atoms with Crippen LogP contribution in [-0.4, -0.2) is 26.1 Å². The number of hydrogen-bond acceptors (Lipinski definition) is 3. The molecule has 1 rings (SSSR count). The second-order valence-corrected chi connectivity index (χ2v) is 4.87. The minimum Gasteiger partial charge on any atom is -0.496 e. The van der Waals surface area contributed by atoms with Crippen LogP contribution in [0, 0.1) is 11.2 Å². The number of halogens is 1. The van der Waals surface area contributed by atoms with Crippen LogP contribution >= 0.6 is 0 Å². The molecule has 18 heavy (non-hydrogen) atoms. The lowest BCUT2D eigenvalue weighted by Crippen LogP contribution is -2.38. The molecule has 0 aliphatic carbocycles. The fraction of sp³-hybridized carbons (Fsp3) is 0.462. The fourth-order valence-corrected chi connectivity index (χ4v) is 1.37. The van der Waals surface area contributed by atoms with Crippen LogP contribution in [0.4, 0.5) is 4.39 Å². The number of benzene rings is 1. The van der Waals surface area contributed by atoms with E-state index in [1.54, 1.807) is 6.07 Å². The first-order valence-electron chi connectivity index (χ1n) is 5.72. The summed E-state index contributed by atoms with van der Waals surface area (Å²) in [4.78, 5) is 11.9. The molecule has 0 fully saturated rings. The largest absolute Gasteiger partial charge is 0.496 e. The topological polar surface area (TPSA) is 64.3 Å². The summed E-state index contributed by atoms with van der Waals surface area (Å²) in [6, 6.07) is 4.27. The number of hydrogen-bond donors (Lipinski definition) is 2. The third-order valence-electron chi connectivity index (χ3n) is 2.70. The van der Waals surface area contributed by atoms with Gasteiger partial charge in [-0.05, 0) is 24.1 Å². The zero-order chi connectivity index (χ0) is 13.8. The molecule has 4 nitrogen and oxygen atoms in total. The molecule has 0 radical (unpaired) electrons. The van der Waals surface area contributed by atoms with Crippen LogP contribution in [0.25, 0.3) is 0 Å². The van der Waals surface area contributed by atoms with E-state index in [1.165, 1.54) is 19.2 Å². The Balaban J connectivity index is 2.85. The fourth-order valence-electron chi connectivity index (χ4n) is 1.37. The number of nitrogens with two attached hydrogens (primary N) is 1. The molecule has 3 N–H and O–H groups in total. The van der Waals surface area contributed by atoms with Gasteiger partial charge < -0.3 is 15.8 Å². The van der Waals surface area contributed by atoms with Gasteiger partial charge in [-0.15, -0.1) is 0 Å². The first-order valence-corrected chi connectivity index (χ1v) is 5.72. The zero-order valence-electron chi connectivity index (χ0n) is 10.9. The smallest absolute Gasteiger partial charge is 0.258 e. The Kier molecular flexibility index (Phi) is 4.67. The van der Waals surface area contributed by atoms with Crippen molar-refractivity contribution in [2.45, 2.75) is 13.8 Å². The van der Waals surface area contributed by atoms with Gasteiger partial charge >= 0.3 is 0 Å². The Labute approximate surface area is 106 Å². The molecule has 0 bridgehead atoms. The van der Waals surface area contributed by atoms with Crippen LogP contribution in [0.3, 0.4) is 0 Å². The molecule has 0 unspecified atom stereocenters. The van der Waals surface area contributed by atoms with Gasteiger partial charge in [0.15, 0.2) is 0 Å². The van der Waals surface area contributed by atoms with Crippen LogP contribution in [0.15, 0.2) is 18.2 Å². The summed E-state index contributed by atoms with van der Waals surface area (Å²) in [5.74, 6) is -0.873. The molecular weight excluding hydrogens is 235 g/mol. The molecule has 100 valence electrons. The Hall–Kier alpha value is -1.62. The molecule has 0 aliphatic rings. The predicted molar refractivity (Wildman–Crippen MR) is 68.1 cm³/mol. The lowest BCUT2D eigenvalue weighted by atomic mass is 9.94. The van der Waals surface area contributed by atoms with Gasteiger partial charge in [-0.25, -0.2) is 4.39 Å². The van der Waals surface area contributed by atoms with Gasteiger partial charge in [-0.2, -0.15) is 0 Å². The number of amides is 1. The van der Waals surface area contributed by atoms with E-state index in [-0.39, 0.29) is 16.7 Å². The maximum Gasteiger partial charge on any atom is 0.258 e. The molecule has 0 saturated carbocycles. The van der Waals surface area contributed by atoms with Crippen LogP contribution in [-0.2, 0) is 0 Å². The van der Waals surface area contributed by atoms with Crippen LogP contribution in [0.5, 0.6) is 5.75 Å². The molecule has 0 saturated heterocycles. The van der Waals surface area contributed by atoms with Gasteiger partial charge in [0, 0.05) is 6.54 Å². The summed E-state index contributed by atoms with van der Waals surface area (Å²) >= 11 is 0. The summed E-state index contributed by atoms with van der Waals surface area (Å²) in [7, 11) is 1.40. The van der Waals surface area contributed by atoms with E-state index in [4.69, 9.17) is 10.5 Å². The van der Waals surface area contributed by atoms with Crippen molar-refractivity contribution in [3.63, 3.8) is 0 Å². The summed E-state index contributed by atoms with van der Waals surface area (Å²) in [6.07, 6.45) is 0. The zero-order valence-corrected chi connectivity index (χ0v) is 10.9. The van der Waals surface area contributed by atoms with Crippen LogP contribution in [0.2, 0.25) is 0 Å². The van der Waals surface area contributed by atoms with Crippen molar-refractivity contribution in [2.75, 3.05) is 20.2 Å². The number of methoxy groups -OCH3 is 1. The maximum atomic E-state index is 13.6. The standard InChI is InChI=1S/C13H19FN2O2/c1-13(2,7-15)8-16-12(17)11-9(14)5-4-6-10(11)18-3/h4-6H,7-8,15H2,1-3H3,(H,16,17). The summed E-state index contributed by atoms with van der Waals surface area (Å²) in [5.41, 5.74) is 5.26. The molecule has 1 aromatic rings. The number of rotatable bonds is 5. The Morgan fingerprint density at radius 3 is 2.72 bits per heavy atom. The molecule has 0 atom stereocenters. The van der Waals surface area contributed by atoms with Crippen LogP contribution in [0.1, 0.15) is 24.2 Å². The first kappa shape index (κ1) is 14.4. The average molecular weight is 254 g/mol. The predicted octanol–water partition coefficient (Wildman–Crippen LogP) is 1.55. The monoisotopic (exact) mass is 254 g/mol. The second kappa shape index (κ2) is 5.82. The molecule has 0 heterocycles. The van der Waals surface area contributed by atoms with Gasteiger partial charge in [0.2, 0.25) is 0 Å². The maximum absolute atomic E-state index is 13.6. The Morgan fingerprint density at radius 2 is 2.17 bits per heavy atom. The van der Waals surface area contributed by atoms with Crippen molar-refractivity contribution in [2.24, 2.45) is 11.1 Å². The first-order chi connectivity index (χ1) is 8.41. The Bertz CT molecular complexity index is 433. The van der Waals surface area contributed by atoms with E-state index in [0.29, 0.717) is 13.1 Å². The molecule has 0 spiro atoms. The van der Waals surface area contributed by atoms with Crippen molar-refractivity contribution in [1.82, 2.24) is 5.32 Å². The number of carbonyl (C=O) groups excluding carboxylic acids is 1. The van der Waals surface area contributed by atoms with E-state index in [0.717, 1.165) is 0 Å². The third-order valence-corrected chi connectivity index (χ3v) is 2.70. The minimum atomic E-state index is -0.600. The molecular formula is C13H19FN2O2. The normalized spacial score (nSPS) is 11.2.